The van der Waals surface area contributed by atoms with Gasteiger partial charge < -0.3 is 9.72 Å². The van der Waals surface area contributed by atoms with Crippen molar-refractivity contribution in [3.8, 4) is 17.1 Å². The highest BCUT2D eigenvalue weighted by Gasteiger charge is 2.11. The Balaban J connectivity index is 2.17. The van der Waals surface area contributed by atoms with Gasteiger partial charge in [-0.1, -0.05) is 6.92 Å². The molecule has 3 rings (SSSR count). The Bertz CT molecular complexity index is 764. The van der Waals surface area contributed by atoms with E-state index in [-0.39, 0.29) is 0 Å². The van der Waals surface area contributed by atoms with Crippen LogP contribution in [0.1, 0.15) is 18.3 Å². The van der Waals surface area contributed by atoms with Crippen LogP contribution in [0.3, 0.4) is 0 Å². The van der Waals surface area contributed by atoms with E-state index in [0.29, 0.717) is 0 Å². The molecule has 20 heavy (non-hydrogen) atoms. The molecule has 0 aliphatic heterocycles. The van der Waals surface area contributed by atoms with Crippen molar-refractivity contribution in [2.75, 3.05) is 7.11 Å². The first-order valence-corrected chi connectivity index (χ1v) is 6.58. The largest absolute Gasteiger partial charge is 0.497 e. The van der Waals surface area contributed by atoms with E-state index in [1.165, 1.54) is 0 Å². The summed E-state index contributed by atoms with van der Waals surface area (Å²) in [5, 5.41) is 8.35. The summed E-state index contributed by atoms with van der Waals surface area (Å²) in [4.78, 5) is 7.96. The number of methoxy groups -OCH3 is 1. The van der Waals surface area contributed by atoms with Gasteiger partial charge in [0.1, 0.15) is 11.6 Å². The van der Waals surface area contributed by atoms with Crippen LogP contribution >= 0.6 is 0 Å². The summed E-state index contributed by atoms with van der Waals surface area (Å²) in [6, 6.07) is 7.81. The van der Waals surface area contributed by atoms with Gasteiger partial charge in [-0.3, -0.25) is 0 Å². The summed E-state index contributed by atoms with van der Waals surface area (Å²) < 4.78 is 5.23. The molecule has 0 bridgehead atoms. The first-order valence-electron chi connectivity index (χ1n) is 6.58. The standard InChI is InChI=1S/C15H16N4O/c1-4-12-11(7-9(2)18-19-12)15-16-13-6-5-10(20-3)8-14(13)17-15/h5-8H,4H2,1-3H3,(H,16,17). The molecule has 0 amide bonds. The molecule has 0 atom stereocenters. The van der Waals surface area contributed by atoms with E-state index in [0.717, 1.165) is 46.0 Å². The van der Waals surface area contributed by atoms with Crippen molar-refractivity contribution in [1.29, 1.82) is 0 Å². The predicted octanol–water partition coefficient (Wildman–Crippen LogP) is 2.90. The van der Waals surface area contributed by atoms with Crippen molar-refractivity contribution in [2.45, 2.75) is 20.3 Å². The zero-order valence-electron chi connectivity index (χ0n) is 11.8. The van der Waals surface area contributed by atoms with Crippen LogP contribution in [0.2, 0.25) is 0 Å². The number of H-pyrrole nitrogens is 1. The van der Waals surface area contributed by atoms with E-state index < -0.39 is 0 Å². The lowest BCUT2D eigenvalue weighted by molar-refractivity contribution is 0.415. The van der Waals surface area contributed by atoms with Crippen LogP contribution in [0.15, 0.2) is 24.3 Å². The molecule has 0 aliphatic carbocycles. The van der Waals surface area contributed by atoms with Gasteiger partial charge in [-0.05, 0) is 31.5 Å². The van der Waals surface area contributed by atoms with Crippen molar-refractivity contribution in [2.24, 2.45) is 0 Å². The number of hydrogen-bond donors (Lipinski definition) is 1. The molecular formula is C15H16N4O. The summed E-state index contributed by atoms with van der Waals surface area (Å²) in [5.41, 5.74) is 4.71. The molecule has 2 aromatic heterocycles. The molecule has 3 aromatic rings. The third kappa shape index (κ3) is 2.11. The normalized spacial score (nSPS) is 10.9. The SMILES string of the molecule is CCc1nnc(C)cc1-c1nc2ccc(OC)cc2[nH]1. The molecule has 1 N–H and O–H groups in total. The van der Waals surface area contributed by atoms with Crippen LogP contribution in [0.4, 0.5) is 0 Å². The molecular weight excluding hydrogens is 252 g/mol. The first kappa shape index (κ1) is 12.6. The molecule has 0 unspecified atom stereocenters. The molecule has 0 spiro atoms. The van der Waals surface area contributed by atoms with Gasteiger partial charge in [0.05, 0.1) is 29.5 Å². The van der Waals surface area contributed by atoms with Crippen LogP contribution < -0.4 is 4.74 Å². The Morgan fingerprint density at radius 3 is 2.80 bits per heavy atom. The minimum atomic E-state index is 0.812. The summed E-state index contributed by atoms with van der Waals surface area (Å²) >= 11 is 0. The number of aromatic nitrogens is 4. The summed E-state index contributed by atoms with van der Waals surface area (Å²) in [5.74, 6) is 1.63. The second kappa shape index (κ2) is 4.92. The van der Waals surface area contributed by atoms with Gasteiger partial charge in [0, 0.05) is 11.6 Å². The fourth-order valence-corrected chi connectivity index (χ4v) is 2.22. The van der Waals surface area contributed by atoms with Crippen molar-refractivity contribution in [3.05, 3.63) is 35.7 Å². The van der Waals surface area contributed by atoms with Crippen LogP contribution in [0, 0.1) is 6.92 Å². The number of imidazole rings is 1. The minimum absolute atomic E-state index is 0.812. The maximum absolute atomic E-state index is 5.23. The lowest BCUT2D eigenvalue weighted by atomic mass is 10.1. The van der Waals surface area contributed by atoms with Crippen molar-refractivity contribution >= 4 is 11.0 Å². The Kier molecular flexibility index (Phi) is 3.10. The van der Waals surface area contributed by atoms with Crippen LogP contribution in [-0.4, -0.2) is 27.3 Å². The van der Waals surface area contributed by atoms with Crippen LogP contribution in [0.25, 0.3) is 22.4 Å². The Hall–Kier alpha value is -2.43. The van der Waals surface area contributed by atoms with Gasteiger partial charge in [-0.15, -0.1) is 0 Å². The lowest BCUT2D eigenvalue weighted by Gasteiger charge is -2.03. The number of benzene rings is 1. The highest BCUT2D eigenvalue weighted by molar-refractivity contribution is 5.81. The number of ether oxygens (including phenoxy) is 1. The number of rotatable bonds is 3. The molecule has 0 fully saturated rings. The topological polar surface area (TPSA) is 63.7 Å². The zero-order valence-corrected chi connectivity index (χ0v) is 11.8. The Labute approximate surface area is 117 Å². The van der Waals surface area contributed by atoms with E-state index in [1.54, 1.807) is 7.11 Å². The molecule has 0 saturated carbocycles. The smallest absolute Gasteiger partial charge is 0.140 e. The number of hydrogen-bond acceptors (Lipinski definition) is 4. The number of aromatic amines is 1. The number of aryl methyl sites for hydroxylation is 2. The van der Waals surface area contributed by atoms with Gasteiger partial charge in [0.2, 0.25) is 0 Å². The Morgan fingerprint density at radius 1 is 1.20 bits per heavy atom. The van der Waals surface area contributed by atoms with Gasteiger partial charge >= 0.3 is 0 Å². The van der Waals surface area contributed by atoms with E-state index in [2.05, 4.69) is 27.1 Å². The second-order valence-corrected chi connectivity index (χ2v) is 4.67. The number of nitrogens with zero attached hydrogens (tertiary/aromatic N) is 3. The van der Waals surface area contributed by atoms with Gasteiger partial charge in [0.25, 0.3) is 0 Å². The fraction of sp³-hybridized carbons (Fsp3) is 0.267. The van der Waals surface area contributed by atoms with E-state index in [9.17, 15) is 0 Å². The highest BCUT2D eigenvalue weighted by Crippen LogP contribution is 2.25. The van der Waals surface area contributed by atoms with Gasteiger partial charge in [0.15, 0.2) is 0 Å². The van der Waals surface area contributed by atoms with Gasteiger partial charge in [-0.2, -0.15) is 10.2 Å². The molecule has 5 nitrogen and oxygen atoms in total. The summed E-state index contributed by atoms with van der Waals surface area (Å²) in [6.45, 7) is 4.00. The van der Waals surface area contributed by atoms with E-state index in [4.69, 9.17) is 4.74 Å². The molecule has 102 valence electrons. The maximum Gasteiger partial charge on any atom is 0.140 e. The van der Waals surface area contributed by atoms with E-state index in [1.807, 2.05) is 31.2 Å². The highest BCUT2D eigenvalue weighted by atomic mass is 16.5. The van der Waals surface area contributed by atoms with E-state index >= 15 is 0 Å². The van der Waals surface area contributed by atoms with Crippen molar-refractivity contribution < 1.29 is 4.74 Å². The minimum Gasteiger partial charge on any atom is -0.497 e. The molecule has 0 aliphatic rings. The maximum atomic E-state index is 5.23. The molecule has 1 aromatic carbocycles. The molecule has 2 heterocycles. The average molecular weight is 268 g/mol. The van der Waals surface area contributed by atoms with Crippen molar-refractivity contribution in [3.63, 3.8) is 0 Å². The third-order valence-corrected chi connectivity index (χ3v) is 3.27. The second-order valence-electron chi connectivity index (χ2n) is 4.67. The third-order valence-electron chi connectivity index (χ3n) is 3.27. The summed E-state index contributed by atoms with van der Waals surface area (Å²) in [7, 11) is 1.66. The average Bonchev–Trinajstić information content (AvgIpc) is 2.89. The molecule has 5 heteroatoms. The molecule has 0 saturated heterocycles. The lowest BCUT2D eigenvalue weighted by Crippen LogP contribution is -1.98. The predicted molar refractivity (Wildman–Crippen MR) is 77.8 cm³/mol. The Morgan fingerprint density at radius 2 is 2.05 bits per heavy atom. The monoisotopic (exact) mass is 268 g/mol. The van der Waals surface area contributed by atoms with Crippen molar-refractivity contribution in [1.82, 2.24) is 20.2 Å². The molecule has 0 radical (unpaired) electrons. The van der Waals surface area contributed by atoms with Gasteiger partial charge in [-0.25, -0.2) is 4.98 Å². The summed E-state index contributed by atoms with van der Waals surface area (Å²) in [6.07, 6.45) is 0.822. The van der Waals surface area contributed by atoms with Crippen LogP contribution in [-0.2, 0) is 6.42 Å². The van der Waals surface area contributed by atoms with Crippen LogP contribution in [0.5, 0.6) is 5.75 Å². The quantitative estimate of drug-likeness (QED) is 0.793. The first-order chi connectivity index (χ1) is 9.71. The number of nitrogens with one attached hydrogen (secondary N) is 1. The number of fused-ring (bicyclic) bond motifs is 1. The fourth-order valence-electron chi connectivity index (χ4n) is 2.22. The zero-order chi connectivity index (χ0) is 14.1.